The number of aryl methyl sites for hydroxylation is 1. The lowest BCUT2D eigenvalue weighted by molar-refractivity contribution is -0.137. The molecular weight excluding hydrogens is 324 g/mol. The van der Waals surface area contributed by atoms with Gasteiger partial charge < -0.3 is 5.11 Å². The first-order valence-corrected chi connectivity index (χ1v) is 9.30. The number of para-hydroxylation sites is 1. The number of rotatable bonds is 5. The number of nitrogens with zero attached hydrogens (tertiary/aromatic N) is 2. The van der Waals surface area contributed by atoms with Crippen LogP contribution in [0.3, 0.4) is 0 Å². The molecule has 1 heterocycles. The molecule has 4 heteroatoms. The molecule has 0 saturated carbocycles. The Morgan fingerprint density at radius 1 is 1.19 bits per heavy atom. The maximum absolute atomic E-state index is 13.1. The van der Waals surface area contributed by atoms with Gasteiger partial charge in [0.05, 0.1) is 11.8 Å². The highest BCUT2D eigenvalue weighted by Crippen LogP contribution is 2.36. The lowest BCUT2D eigenvalue weighted by Gasteiger charge is -2.25. The van der Waals surface area contributed by atoms with E-state index in [9.17, 15) is 9.90 Å². The maximum Gasteiger partial charge on any atom is 0.246 e. The van der Waals surface area contributed by atoms with E-state index in [4.69, 9.17) is 0 Å². The summed E-state index contributed by atoms with van der Waals surface area (Å²) >= 11 is 0. The standard InChI is InChI=1S/C22H26N2O2/c1-4-16(5-2)22(26)24-20(17-10-8-9-15(3)13-17)14-19(23-24)18-11-6-7-12-21(18)25/h6-13,16,20,25H,4-5,14H2,1-3H3/t20-/m0/s1. The molecule has 4 nitrogen and oxygen atoms in total. The van der Waals surface area contributed by atoms with Crippen molar-refractivity contribution in [3.63, 3.8) is 0 Å². The van der Waals surface area contributed by atoms with E-state index in [0.29, 0.717) is 12.0 Å². The van der Waals surface area contributed by atoms with Crippen molar-refractivity contribution in [1.29, 1.82) is 0 Å². The molecule has 1 atom stereocenters. The van der Waals surface area contributed by atoms with Crippen LogP contribution in [0.4, 0.5) is 0 Å². The first kappa shape index (κ1) is 18.2. The largest absolute Gasteiger partial charge is 0.507 e. The topological polar surface area (TPSA) is 52.9 Å². The SMILES string of the molecule is CCC(CC)C(=O)N1N=C(c2ccccc2O)C[C@H]1c1cccc(C)c1. The van der Waals surface area contributed by atoms with Crippen molar-refractivity contribution in [3.05, 3.63) is 65.2 Å². The zero-order valence-corrected chi connectivity index (χ0v) is 15.6. The van der Waals surface area contributed by atoms with Crippen molar-refractivity contribution in [3.8, 4) is 5.75 Å². The zero-order chi connectivity index (χ0) is 18.7. The average molecular weight is 350 g/mol. The van der Waals surface area contributed by atoms with Gasteiger partial charge in [-0.15, -0.1) is 0 Å². The van der Waals surface area contributed by atoms with Crippen molar-refractivity contribution >= 4 is 11.6 Å². The summed E-state index contributed by atoms with van der Waals surface area (Å²) in [4.78, 5) is 13.1. The monoisotopic (exact) mass is 350 g/mol. The van der Waals surface area contributed by atoms with Gasteiger partial charge >= 0.3 is 0 Å². The van der Waals surface area contributed by atoms with E-state index in [1.165, 1.54) is 0 Å². The van der Waals surface area contributed by atoms with Crippen LogP contribution in [0.15, 0.2) is 53.6 Å². The lowest BCUT2D eigenvalue weighted by atomic mass is 9.95. The molecule has 1 aliphatic rings. The number of benzene rings is 2. The molecule has 0 saturated heterocycles. The number of phenols is 1. The number of phenolic OH excluding ortho intramolecular Hbond substituents is 1. The second kappa shape index (κ2) is 7.73. The van der Waals surface area contributed by atoms with Gasteiger partial charge in [0.25, 0.3) is 0 Å². The molecule has 3 rings (SSSR count). The van der Waals surface area contributed by atoms with E-state index in [0.717, 1.165) is 29.7 Å². The fourth-order valence-electron chi connectivity index (χ4n) is 3.56. The molecule has 26 heavy (non-hydrogen) atoms. The van der Waals surface area contributed by atoms with Gasteiger partial charge in [0.15, 0.2) is 0 Å². The summed E-state index contributed by atoms with van der Waals surface area (Å²) < 4.78 is 0. The van der Waals surface area contributed by atoms with Crippen LogP contribution < -0.4 is 0 Å². The van der Waals surface area contributed by atoms with Crippen LogP contribution in [-0.4, -0.2) is 21.7 Å². The van der Waals surface area contributed by atoms with Crippen LogP contribution in [-0.2, 0) is 4.79 Å². The van der Waals surface area contributed by atoms with E-state index in [1.807, 2.05) is 38.1 Å². The summed E-state index contributed by atoms with van der Waals surface area (Å²) in [5.74, 6) is 0.229. The fraction of sp³-hybridized carbons (Fsp3) is 0.364. The lowest BCUT2D eigenvalue weighted by Crippen LogP contribution is -2.32. The Balaban J connectivity index is 2.01. The number of aromatic hydroxyl groups is 1. The molecule has 0 fully saturated rings. The highest BCUT2D eigenvalue weighted by Gasteiger charge is 2.35. The van der Waals surface area contributed by atoms with Crippen molar-refractivity contribution < 1.29 is 9.90 Å². The van der Waals surface area contributed by atoms with E-state index in [1.54, 1.807) is 17.1 Å². The zero-order valence-electron chi connectivity index (χ0n) is 15.6. The van der Waals surface area contributed by atoms with Crippen molar-refractivity contribution in [2.75, 3.05) is 0 Å². The summed E-state index contributed by atoms with van der Waals surface area (Å²) in [5, 5.41) is 16.5. The molecule has 1 aliphatic heterocycles. The van der Waals surface area contributed by atoms with Crippen molar-refractivity contribution in [1.82, 2.24) is 5.01 Å². The third-order valence-electron chi connectivity index (χ3n) is 5.11. The third kappa shape index (κ3) is 3.50. The molecule has 2 aromatic carbocycles. The Labute approximate surface area is 155 Å². The first-order valence-electron chi connectivity index (χ1n) is 9.30. The van der Waals surface area contributed by atoms with Crippen LogP contribution >= 0.6 is 0 Å². The molecule has 0 aliphatic carbocycles. The molecule has 0 bridgehead atoms. The molecule has 136 valence electrons. The van der Waals surface area contributed by atoms with Gasteiger partial charge in [-0.2, -0.15) is 5.10 Å². The molecule has 0 spiro atoms. The average Bonchev–Trinajstić information content (AvgIpc) is 3.08. The Morgan fingerprint density at radius 3 is 2.58 bits per heavy atom. The van der Waals surface area contributed by atoms with Gasteiger partial charge in [-0.05, 0) is 37.5 Å². The van der Waals surface area contributed by atoms with Crippen LogP contribution in [0.5, 0.6) is 5.75 Å². The second-order valence-corrected chi connectivity index (χ2v) is 6.89. The fourth-order valence-corrected chi connectivity index (χ4v) is 3.56. The van der Waals surface area contributed by atoms with E-state index in [-0.39, 0.29) is 23.6 Å². The minimum Gasteiger partial charge on any atom is -0.507 e. The summed E-state index contributed by atoms with van der Waals surface area (Å²) in [5.41, 5.74) is 3.70. The van der Waals surface area contributed by atoms with E-state index in [2.05, 4.69) is 24.2 Å². The highest BCUT2D eigenvalue weighted by molar-refractivity contribution is 6.05. The van der Waals surface area contributed by atoms with E-state index < -0.39 is 0 Å². The van der Waals surface area contributed by atoms with Gasteiger partial charge in [0.2, 0.25) is 5.91 Å². The molecule has 2 aromatic rings. The number of hydrazone groups is 1. The summed E-state index contributed by atoms with van der Waals surface area (Å²) in [6, 6.07) is 15.3. The van der Waals surface area contributed by atoms with E-state index >= 15 is 0 Å². The molecule has 1 amide bonds. The maximum atomic E-state index is 13.1. The Bertz CT molecular complexity index is 824. The van der Waals surface area contributed by atoms with Crippen LogP contribution in [0.25, 0.3) is 0 Å². The second-order valence-electron chi connectivity index (χ2n) is 6.89. The normalized spacial score (nSPS) is 16.8. The number of carbonyl (C=O) groups excluding carboxylic acids is 1. The molecule has 0 aromatic heterocycles. The van der Waals surface area contributed by atoms with Crippen LogP contribution in [0.1, 0.15) is 55.8 Å². The first-order chi connectivity index (χ1) is 12.5. The van der Waals surface area contributed by atoms with Gasteiger partial charge in [0.1, 0.15) is 5.75 Å². The molecule has 0 unspecified atom stereocenters. The Kier molecular flexibility index (Phi) is 5.40. The summed E-state index contributed by atoms with van der Waals surface area (Å²) in [6.45, 7) is 6.13. The molecular formula is C22H26N2O2. The van der Waals surface area contributed by atoms with Gasteiger partial charge in [-0.3, -0.25) is 4.79 Å². The predicted molar refractivity (Wildman–Crippen MR) is 104 cm³/mol. The third-order valence-corrected chi connectivity index (χ3v) is 5.11. The van der Waals surface area contributed by atoms with Gasteiger partial charge in [-0.25, -0.2) is 5.01 Å². The quantitative estimate of drug-likeness (QED) is 0.841. The number of amides is 1. The Hall–Kier alpha value is -2.62. The minimum absolute atomic E-state index is 0.0326. The molecule has 1 N–H and O–H groups in total. The molecule has 0 radical (unpaired) electrons. The number of hydrogen-bond acceptors (Lipinski definition) is 3. The van der Waals surface area contributed by atoms with Crippen molar-refractivity contribution in [2.45, 2.75) is 46.1 Å². The minimum atomic E-state index is -0.127. The smallest absolute Gasteiger partial charge is 0.246 e. The Morgan fingerprint density at radius 2 is 1.92 bits per heavy atom. The number of carbonyl (C=O) groups is 1. The van der Waals surface area contributed by atoms with Crippen LogP contribution in [0.2, 0.25) is 0 Å². The van der Waals surface area contributed by atoms with Crippen LogP contribution in [0, 0.1) is 12.8 Å². The number of hydrogen-bond donors (Lipinski definition) is 1. The highest BCUT2D eigenvalue weighted by atomic mass is 16.3. The van der Waals surface area contributed by atoms with Crippen molar-refractivity contribution in [2.24, 2.45) is 11.0 Å². The summed E-state index contributed by atoms with van der Waals surface area (Å²) in [6.07, 6.45) is 2.20. The van der Waals surface area contributed by atoms with Gasteiger partial charge in [-0.1, -0.05) is 55.8 Å². The van der Waals surface area contributed by atoms with Gasteiger partial charge in [0, 0.05) is 17.9 Å². The predicted octanol–water partition coefficient (Wildman–Crippen LogP) is 4.81. The summed E-state index contributed by atoms with van der Waals surface area (Å²) in [7, 11) is 0.